The smallest absolute Gasteiger partial charge is 0.145 e. The number of imidazole rings is 1. The largest absolute Gasteiger partial charge is 0.292 e. The van der Waals surface area contributed by atoms with Crippen molar-refractivity contribution in [1.29, 1.82) is 0 Å². The summed E-state index contributed by atoms with van der Waals surface area (Å²) in [4.78, 5) is 4.90. The Morgan fingerprint density at radius 1 is 0.826 bits per heavy atom. The highest BCUT2D eigenvalue weighted by Crippen LogP contribution is 2.29. The summed E-state index contributed by atoms with van der Waals surface area (Å²) in [6.07, 6.45) is 1.03. The van der Waals surface area contributed by atoms with Crippen LogP contribution in [0.1, 0.15) is 12.5 Å². The molecule has 0 bridgehead atoms. The molecular formula is C21H18N2. The van der Waals surface area contributed by atoms with E-state index in [-0.39, 0.29) is 0 Å². The van der Waals surface area contributed by atoms with Crippen molar-refractivity contribution in [2.24, 2.45) is 0 Å². The standard InChI is InChI=1S/C21H18N2/c1-2-16-9-8-10-17(15-16)21-22-19-13-6-7-14-20(19)23(21)18-11-4-3-5-12-18/h3-15H,2H2,1H3. The minimum atomic E-state index is 0.993. The first-order chi connectivity index (χ1) is 11.4. The van der Waals surface area contributed by atoms with Crippen LogP contribution in [0, 0.1) is 0 Å². The Morgan fingerprint density at radius 3 is 2.43 bits per heavy atom. The number of aromatic nitrogens is 2. The molecule has 0 aliphatic carbocycles. The van der Waals surface area contributed by atoms with Gasteiger partial charge in [0.2, 0.25) is 0 Å². The minimum absolute atomic E-state index is 0.993. The zero-order valence-electron chi connectivity index (χ0n) is 13.1. The SMILES string of the molecule is CCc1cccc(-c2nc3ccccc3n2-c2ccccc2)c1. The molecule has 0 aliphatic rings. The molecule has 0 unspecified atom stereocenters. The average molecular weight is 298 g/mol. The Labute approximate surface area is 136 Å². The van der Waals surface area contributed by atoms with Gasteiger partial charge in [-0.3, -0.25) is 4.57 Å². The lowest BCUT2D eigenvalue weighted by Gasteiger charge is -2.10. The van der Waals surface area contributed by atoms with Crippen LogP contribution in [0.15, 0.2) is 78.9 Å². The van der Waals surface area contributed by atoms with E-state index in [2.05, 4.69) is 78.2 Å². The summed E-state index contributed by atoms with van der Waals surface area (Å²) in [5.41, 5.74) is 5.78. The molecule has 1 heterocycles. The summed E-state index contributed by atoms with van der Waals surface area (Å²) < 4.78 is 2.24. The van der Waals surface area contributed by atoms with Crippen molar-refractivity contribution in [2.75, 3.05) is 0 Å². The molecule has 0 radical (unpaired) electrons. The number of fused-ring (bicyclic) bond motifs is 1. The van der Waals surface area contributed by atoms with Crippen LogP contribution in [-0.4, -0.2) is 9.55 Å². The second kappa shape index (κ2) is 5.73. The highest BCUT2D eigenvalue weighted by molar-refractivity contribution is 5.83. The Hall–Kier alpha value is -2.87. The molecule has 0 fully saturated rings. The van der Waals surface area contributed by atoms with Gasteiger partial charge in [-0.1, -0.05) is 55.5 Å². The van der Waals surface area contributed by atoms with Crippen molar-refractivity contribution < 1.29 is 0 Å². The van der Waals surface area contributed by atoms with Crippen LogP contribution in [-0.2, 0) is 6.42 Å². The summed E-state index contributed by atoms with van der Waals surface area (Å²) in [6, 6.07) is 27.4. The molecule has 3 aromatic carbocycles. The topological polar surface area (TPSA) is 17.8 Å². The van der Waals surface area contributed by atoms with Gasteiger partial charge in [0.25, 0.3) is 0 Å². The van der Waals surface area contributed by atoms with Crippen molar-refractivity contribution >= 4 is 11.0 Å². The average Bonchev–Trinajstić information content (AvgIpc) is 3.02. The van der Waals surface area contributed by atoms with Crippen molar-refractivity contribution in [3.05, 3.63) is 84.4 Å². The van der Waals surface area contributed by atoms with Gasteiger partial charge in [0.05, 0.1) is 11.0 Å². The van der Waals surface area contributed by atoms with Crippen molar-refractivity contribution in [2.45, 2.75) is 13.3 Å². The molecule has 0 atom stereocenters. The molecule has 4 rings (SSSR count). The van der Waals surface area contributed by atoms with E-state index in [1.807, 2.05) is 12.1 Å². The van der Waals surface area contributed by atoms with Gasteiger partial charge in [0, 0.05) is 11.3 Å². The molecule has 0 N–H and O–H groups in total. The zero-order valence-corrected chi connectivity index (χ0v) is 13.1. The van der Waals surface area contributed by atoms with E-state index in [1.165, 1.54) is 5.56 Å². The summed E-state index contributed by atoms with van der Waals surface area (Å²) >= 11 is 0. The normalized spacial score (nSPS) is 11.0. The third kappa shape index (κ3) is 2.42. The van der Waals surface area contributed by atoms with Gasteiger partial charge in [-0.25, -0.2) is 4.98 Å². The molecule has 0 saturated carbocycles. The summed E-state index contributed by atoms with van der Waals surface area (Å²) in [6.45, 7) is 2.18. The fraction of sp³-hybridized carbons (Fsp3) is 0.0952. The van der Waals surface area contributed by atoms with E-state index in [0.29, 0.717) is 0 Å². The quantitative estimate of drug-likeness (QED) is 0.505. The van der Waals surface area contributed by atoms with Crippen molar-refractivity contribution in [3.63, 3.8) is 0 Å². The molecule has 0 saturated heterocycles. The van der Waals surface area contributed by atoms with Crippen molar-refractivity contribution in [1.82, 2.24) is 9.55 Å². The molecule has 2 nitrogen and oxygen atoms in total. The number of rotatable bonds is 3. The highest BCUT2D eigenvalue weighted by atomic mass is 15.1. The Bertz CT molecular complexity index is 952. The summed E-state index contributed by atoms with van der Waals surface area (Å²) in [7, 11) is 0. The highest BCUT2D eigenvalue weighted by Gasteiger charge is 2.13. The molecule has 2 heteroatoms. The van der Waals surface area contributed by atoms with Gasteiger partial charge in [-0.2, -0.15) is 0 Å². The Kier molecular flexibility index (Phi) is 3.43. The van der Waals surface area contributed by atoms with Crippen LogP contribution in [0.3, 0.4) is 0 Å². The lowest BCUT2D eigenvalue weighted by atomic mass is 10.1. The molecule has 1 aromatic heterocycles. The number of benzene rings is 3. The van der Waals surface area contributed by atoms with Crippen LogP contribution >= 0.6 is 0 Å². The maximum Gasteiger partial charge on any atom is 0.145 e. The number of aryl methyl sites for hydroxylation is 1. The monoisotopic (exact) mass is 298 g/mol. The fourth-order valence-electron chi connectivity index (χ4n) is 2.99. The summed E-state index contributed by atoms with van der Waals surface area (Å²) in [5, 5.41) is 0. The van der Waals surface area contributed by atoms with Crippen molar-refractivity contribution in [3.8, 4) is 17.1 Å². The number of hydrogen-bond donors (Lipinski definition) is 0. The van der Waals surface area contributed by atoms with Crippen LogP contribution in [0.2, 0.25) is 0 Å². The van der Waals surface area contributed by atoms with E-state index >= 15 is 0 Å². The maximum atomic E-state index is 4.90. The molecule has 4 aromatic rings. The number of nitrogens with zero attached hydrogens (tertiary/aromatic N) is 2. The molecule has 23 heavy (non-hydrogen) atoms. The van der Waals surface area contributed by atoms with Gasteiger partial charge in [0.1, 0.15) is 5.82 Å². The number of hydrogen-bond acceptors (Lipinski definition) is 1. The Morgan fingerprint density at radius 2 is 1.61 bits per heavy atom. The lowest BCUT2D eigenvalue weighted by molar-refractivity contribution is 1.09. The second-order valence-corrected chi connectivity index (χ2v) is 5.65. The Balaban J connectivity index is 2.02. The lowest BCUT2D eigenvalue weighted by Crippen LogP contribution is -1.97. The predicted octanol–water partition coefficient (Wildman–Crippen LogP) is 5.25. The summed E-state index contributed by atoms with van der Waals surface area (Å²) in [5.74, 6) is 0.993. The van der Waals surface area contributed by atoms with Gasteiger partial charge >= 0.3 is 0 Å². The van der Waals surface area contributed by atoms with E-state index in [0.717, 1.165) is 34.5 Å². The fourth-order valence-corrected chi connectivity index (χ4v) is 2.99. The second-order valence-electron chi connectivity index (χ2n) is 5.65. The maximum absolute atomic E-state index is 4.90. The van der Waals surface area contributed by atoms with Crippen LogP contribution < -0.4 is 0 Å². The first-order valence-electron chi connectivity index (χ1n) is 7.99. The zero-order chi connectivity index (χ0) is 15.6. The molecule has 112 valence electrons. The third-order valence-corrected chi connectivity index (χ3v) is 4.17. The van der Waals surface area contributed by atoms with E-state index in [4.69, 9.17) is 4.98 Å². The molecule has 0 aliphatic heterocycles. The van der Waals surface area contributed by atoms with Gasteiger partial charge in [-0.05, 0) is 42.3 Å². The van der Waals surface area contributed by atoms with E-state index in [9.17, 15) is 0 Å². The van der Waals surface area contributed by atoms with Crippen LogP contribution in [0.25, 0.3) is 28.1 Å². The van der Waals surface area contributed by atoms with Crippen LogP contribution in [0.4, 0.5) is 0 Å². The van der Waals surface area contributed by atoms with Gasteiger partial charge < -0.3 is 0 Å². The first-order valence-corrected chi connectivity index (χ1v) is 7.99. The predicted molar refractivity (Wildman–Crippen MR) is 95.9 cm³/mol. The molecule has 0 amide bonds. The first kappa shape index (κ1) is 13.8. The third-order valence-electron chi connectivity index (χ3n) is 4.17. The minimum Gasteiger partial charge on any atom is -0.292 e. The molecule has 0 spiro atoms. The van der Waals surface area contributed by atoms with E-state index in [1.54, 1.807) is 0 Å². The number of para-hydroxylation sites is 3. The van der Waals surface area contributed by atoms with Gasteiger partial charge in [0.15, 0.2) is 0 Å². The van der Waals surface area contributed by atoms with E-state index < -0.39 is 0 Å². The molecular weight excluding hydrogens is 280 g/mol. The van der Waals surface area contributed by atoms with Gasteiger partial charge in [-0.15, -0.1) is 0 Å². The van der Waals surface area contributed by atoms with Crippen LogP contribution in [0.5, 0.6) is 0 Å².